The molecule has 0 bridgehead atoms. The van der Waals surface area contributed by atoms with Crippen LogP contribution in [0, 0.1) is 11.3 Å². The molecule has 0 fully saturated rings. The van der Waals surface area contributed by atoms with E-state index < -0.39 is 0 Å². The van der Waals surface area contributed by atoms with Crippen LogP contribution in [0.2, 0.25) is 0 Å². The summed E-state index contributed by atoms with van der Waals surface area (Å²) in [6.07, 6.45) is 1.58. The summed E-state index contributed by atoms with van der Waals surface area (Å²) < 4.78 is 0. The molecule has 2 aromatic carbocycles. The largest absolute Gasteiger partial charge is 0.359 e. The highest BCUT2D eigenvalue weighted by molar-refractivity contribution is 6.07. The summed E-state index contributed by atoms with van der Waals surface area (Å²) in [6, 6.07) is 17.8. The Hall–Kier alpha value is -3.79. The number of para-hydroxylation sites is 2. The SMILES string of the molecule is N#CC(=CNc1c2ccccc2nc2ccccc12)c1nn[nH]n1. The van der Waals surface area contributed by atoms with E-state index in [1.54, 1.807) is 6.20 Å². The van der Waals surface area contributed by atoms with E-state index in [1.165, 1.54) is 0 Å². The van der Waals surface area contributed by atoms with Crippen molar-refractivity contribution in [2.24, 2.45) is 0 Å². The van der Waals surface area contributed by atoms with E-state index >= 15 is 0 Å². The van der Waals surface area contributed by atoms with Gasteiger partial charge in [-0.25, -0.2) is 4.98 Å². The third kappa shape index (κ3) is 2.32. The minimum Gasteiger partial charge on any atom is -0.359 e. The lowest BCUT2D eigenvalue weighted by molar-refractivity contribution is 0.881. The second-order valence-corrected chi connectivity index (χ2v) is 5.07. The third-order valence-electron chi connectivity index (χ3n) is 3.66. The summed E-state index contributed by atoms with van der Waals surface area (Å²) in [6.45, 7) is 0. The van der Waals surface area contributed by atoms with Crippen molar-refractivity contribution in [2.75, 3.05) is 5.32 Å². The van der Waals surface area contributed by atoms with E-state index in [4.69, 9.17) is 0 Å². The normalized spacial score (nSPS) is 11.5. The number of benzene rings is 2. The number of fused-ring (bicyclic) bond motifs is 2. The number of anilines is 1. The van der Waals surface area contributed by atoms with Crippen molar-refractivity contribution in [3.63, 3.8) is 0 Å². The lowest BCUT2D eigenvalue weighted by atomic mass is 10.1. The Morgan fingerprint density at radius 2 is 1.71 bits per heavy atom. The molecule has 2 N–H and O–H groups in total. The Kier molecular flexibility index (Phi) is 3.33. The first-order valence-electron chi connectivity index (χ1n) is 7.25. The van der Waals surface area contributed by atoms with E-state index in [1.807, 2.05) is 48.5 Å². The molecule has 0 atom stereocenters. The van der Waals surface area contributed by atoms with Crippen molar-refractivity contribution in [1.29, 1.82) is 5.26 Å². The number of pyridine rings is 1. The topological polar surface area (TPSA) is 103 Å². The fourth-order valence-corrected chi connectivity index (χ4v) is 2.56. The van der Waals surface area contributed by atoms with Gasteiger partial charge in [0.15, 0.2) is 0 Å². The number of aromatic amines is 1. The second kappa shape index (κ2) is 5.78. The van der Waals surface area contributed by atoms with Gasteiger partial charge in [-0.05, 0) is 17.3 Å². The maximum atomic E-state index is 9.31. The molecule has 0 spiro atoms. The van der Waals surface area contributed by atoms with E-state index in [9.17, 15) is 5.26 Å². The second-order valence-electron chi connectivity index (χ2n) is 5.07. The number of hydrogen-bond donors (Lipinski definition) is 2. The zero-order valence-corrected chi connectivity index (χ0v) is 12.4. The molecule has 0 aliphatic heterocycles. The first kappa shape index (κ1) is 13.8. The average Bonchev–Trinajstić information content (AvgIpc) is 3.16. The summed E-state index contributed by atoms with van der Waals surface area (Å²) in [5.74, 6) is 0.243. The first-order valence-corrected chi connectivity index (χ1v) is 7.25. The third-order valence-corrected chi connectivity index (χ3v) is 3.66. The van der Waals surface area contributed by atoms with Gasteiger partial charge in [0, 0.05) is 17.0 Å². The predicted molar refractivity (Wildman–Crippen MR) is 90.6 cm³/mol. The minimum absolute atomic E-state index is 0.243. The summed E-state index contributed by atoms with van der Waals surface area (Å²) in [5, 5.41) is 28.0. The van der Waals surface area contributed by atoms with Crippen molar-refractivity contribution in [1.82, 2.24) is 25.6 Å². The molecule has 2 heterocycles. The van der Waals surface area contributed by atoms with E-state index in [-0.39, 0.29) is 11.4 Å². The van der Waals surface area contributed by atoms with Crippen LogP contribution in [0.1, 0.15) is 5.82 Å². The van der Waals surface area contributed by atoms with Crippen LogP contribution in [0.15, 0.2) is 54.7 Å². The van der Waals surface area contributed by atoms with Crippen LogP contribution in [0.3, 0.4) is 0 Å². The number of nitriles is 1. The number of H-pyrrole nitrogens is 1. The summed E-state index contributed by atoms with van der Waals surface area (Å²) in [4.78, 5) is 4.67. The van der Waals surface area contributed by atoms with Crippen molar-refractivity contribution < 1.29 is 0 Å². The lowest BCUT2D eigenvalue weighted by Crippen LogP contribution is -1.96. The van der Waals surface area contributed by atoms with Gasteiger partial charge < -0.3 is 5.32 Å². The zero-order chi connectivity index (χ0) is 16.4. The van der Waals surface area contributed by atoms with Crippen molar-refractivity contribution in [3.8, 4) is 6.07 Å². The highest BCUT2D eigenvalue weighted by Gasteiger charge is 2.09. The number of rotatable bonds is 3. The van der Waals surface area contributed by atoms with Crippen LogP contribution >= 0.6 is 0 Å². The molecule has 2 aromatic heterocycles. The Bertz CT molecular complexity index is 1040. The fraction of sp³-hybridized carbons (Fsp3) is 0. The van der Waals surface area contributed by atoms with Crippen molar-refractivity contribution in [3.05, 3.63) is 60.6 Å². The zero-order valence-electron chi connectivity index (χ0n) is 12.4. The van der Waals surface area contributed by atoms with Gasteiger partial charge in [-0.3, -0.25) is 0 Å². The molecule has 0 aliphatic carbocycles. The van der Waals surface area contributed by atoms with Crippen molar-refractivity contribution >= 4 is 33.1 Å². The summed E-state index contributed by atoms with van der Waals surface area (Å²) in [5.41, 5.74) is 2.93. The van der Waals surface area contributed by atoms with Gasteiger partial charge in [0.2, 0.25) is 5.82 Å². The molecule has 4 rings (SSSR count). The van der Waals surface area contributed by atoms with Crippen LogP contribution in [-0.2, 0) is 0 Å². The van der Waals surface area contributed by atoms with E-state index in [0.29, 0.717) is 0 Å². The number of hydrogen-bond acceptors (Lipinski definition) is 6. The molecule has 4 aromatic rings. The molecular formula is C17H11N7. The predicted octanol–water partition coefficient (Wildman–Crippen LogP) is 2.88. The van der Waals surface area contributed by atoms with Crippen LogP contribution in [0.4, 0.5) is 5.69 Å². The maximum absolute atomic E-state index is 9.31. The van der Waals surface area contributed by atoms with Gasteiger partial charge in [0.05, 0.1) is 16.7 Å². The molecule has 7 nitrogen and oxygen atoms in total. The number of tetrazole rings is 1. The Morgan fingerprint density at radius 1 is 1.04 bits per heavy atom. The monoisotopic (exact) mass is 313 g/mol. The molecule has 114 valence electrons. The molecule has 24 heavy (non-hydrogen) atoms. The van der Waals surface area contributed by atoms with Gasteiger partial charge in [-0.1, -0.05) is 36.4 Å². The molecule has 0 radical (unpaired) electrons. The lowest BCUT2D eigenvalue weighted by Gasteiger charge is -2.10. The molecular weight excluding hydrogens is 302 g/mol. The van der Waals surface area contributed by atoms with Gasteiger partial charge >= 0.3 is 0 Å². The van der Waals surface area contributed by atoms with Crippen LogP contribution < -0.4 is 5.32 Å². The molecule has 7 heteroatoms. The minimum atomic E-state index is 0.243. The quantitative estimate of drug-likeness (QED) is 0.445. The number of nitrogens with one attached hydrogen (secondary N) is 2. The molecule has 0 aliphatic rings. The Morgan fingerprint density at radius 3 is 2.29 bits per heavy atom. The van der Waals surface area contributed by atoms with Crippen LogP contribution in [0.25, 0.3) is 27.4 Å². The van der Waals surface area contributed by atoms with Gasteiger partial charge in [0.25, 0.3) is 0 Å². The average molecular weight is 313 g/mol. The first-order chi connectivity index (χ1) is 11.9. The van der Waals surface area contributed by atoms with Crippen LogP contribution in [-0.4, -0.2) is 25.6 Å². The van der Waals surface area contributed by atoms with E-state index in [0.717, 1.165) is 27.5 Å². The smallest absolute Gasteiger partial charge is 0.216 e. The molecule has 0 saturated carbocycles. The van der Waals surface area contributed by atoms with E-state index in [2.05, 4.69) is 37.0 Å². The maximum Gasteiger partial charge on any atom is 0.216 e. The number of nitrogens with zero attached hydrogens (tertiary/aromatic N) is 5. The molecule has 0 unspecified atom stereocenters. The number of aromatic nitrogens is 5. The Balaban J connectivity index is 1.90. The van der Waals surface area contributed by atoms with Crippen LogP contribution in [0.5, 0.6) is 0 Å². The van der Waals surface area contributed by atoms with Gasteiger partial charge in [-0.2, -0.15) is 10.5 Å². The summed E-state index contributed by atoms with van der Waals surface area (Å²) in [7, 11) is 0. The van der Waals surface area contributed by atoms with Gasteiger partial charge in [0.1, 0.15) is 11.6 Å². The number of allylic oxidation sites excluding steroid dienone is 1. The fourth-order valence-electron chi connectivity index (χ4n) is 2.56. The highest BCUT2D eigenvalue weighted by Crippen LogP contribution is 2.30. The van der Waals surface area contributed by atoms with Gasteiger partial charge in [-0.15, -0.1) is 10.2 Å². The molecule has 0 saturated heterocycles. The van der Waals surface area contributed by atoms with Crippen molar-refractivity contribution in [2.45, 2.75) is 0 Å². The molecule has 0 amide bonds. The Labute approximate surface area is 136 Å². The summed E-state index contributed by atoms with van der Waals surface area (Å²) >= 11 is 0. The highest BCUT2D eigenvalue weighted by atomic mass is 15.5. The standard InChI is InChI=1S/C17H11N7/c18-9-11(17-21-23-24-22-17)10-19-16-12-5-1-3-7-14(12)20-15-8-4-2-6-13(15)16/h1-8,10H,(H,19,20)(H,21,22,23,24).